The molecule has 0 bridgehead atoms. The normalized spacial score (nSPS) is 11.6. The van der Waals surface area contributed by atoms with Gasteiger partial charge in [0.25, 0.3) is 5.91 Å². The summed E-state index contributed by atoms with van der Waals surface area (Å²) in [6.45, 7) is 2.08. The average Bonchev–Trinajstić information content (AvgIpc) is 2.35. The van der Waals surface area contributed by atoms with E-state index in [9.17, 15) is 9.59 Å². The zero-order valence-electron chi connectivity index (χ0n) is 9.40. The molecule has 0 aliphatic heterocycles. The molecule has 1 atom stereocenters. The molecule has 0 fully saturated rings. The lowest BCUT2D eigenvalue weighted by Gasteiger charge is -2.09. The van der Waals surface area contributed by atoms with Crippen molar-refractivity contribution in [3.05, 3.63) is 29.8 Å². The van der Waals surface area contributed by atoms with Gasteiger partial charge in [-0.25, -0.2) is 0 Å². The number of aldehydes is 1. The maximum atomic E-state index is 11.7. The molecule has 86 valence electrons. The van der Waals surface area contributed by atoms with Gasteiger partial charge >= 0.3 is 0 Å². The molecule has 0 aromatic heterocycles. The summed E-state index contributed by atoms with van der Waals surface area (Å²) < 4.78 is 5.07. The van der Waals surface area contributed by atoms with Gasteiger partial charge in [-0.3, -0.25) is 4.79 Å². The Morgan fingerprint density at radius 1 is 1.50 bits per heavy atom. The van der Waals surface area contributed by atoms with E-state index in [-0.39, 0.29) is 11.8 Å². The molecule has 1 aromatic rings. The molecule has 0 heterocycles. The third kappa shape index (κ3) is 3.08. The fourth-order valence-corrected chi connectivity index (χ4v) is 1.23. The highest BCUT2D eigenvalue weighted by atomic mass is 16.5. The van der Waals surface area contributed by atoms with Crippen molar-refractivity contribution >= 4 is 12.2 Å². The molecular weight excluding hydrogens is 206 g/mol. The first kappa shape index (κ1) is 12.2. The van der Waals surface area contributed by atoms with Crippen molar-refractivity contribution in [3.8, 4) is 5.75 Å². The van der Waals surface area contributed by atoms with Gasteiger partial charge in [0.2, 0.25) is 0 Å². The van der Waals surface area contributed by atoms with Crippen LogP contribution in [0.5, 0.6) is 5.75 Å². The first-order chi connectivity index (χ1) is 7.69. The number of methoxy groups -OCH3 is 1. The number of rotatable bonds is 5. The molecule has 1 amide bonds. The predicted molar refractivity (Wildman–Crippen MR) is 60.6 cm³/mol. The zero-order chi connectivity index (χ0) is 12.0. The van der Waals surface area contributed by atoms with Crippen LogP contribution in [0, 0.1) is 5.92 Å². The maximum absolute atomic E-state index is 11.7. The van der Waals surface area contributed by atoms with Gasteiger partial charge in [0.1, 0.15) is 12.0 Å². The third-order valence-corrected chi connectivity index (χ3v) is 2.17. The van der Waals surface area contributed by atoms with Crippen molar-refractivity contribution in [1.29, 1.82) is 0 Å². The van der Waals surface area contributed by atoms with E-state index in [2.05, 4.69) is 5.32 Å². The minimum Gasteiger partial charge on any atom is -0.496 e. The van der Waals surface area contributed by atoms with E-state index < -0.39 is 0 Å². The Balaban J connectivity index is 2.69. The first-order valence-electron chi connectivity index (χ1n) is 5.05. The summed E-state index contributed by atoms with van der Waals surface area (Å²) >= 11 is 0. The number of benzene rings is 1. The molecule has 1 aromatic carbocycles. The molecule has 4 heteroatoms. The monoisotopic (exact) mass is 221 g/mol. The number of para-hydroxylation sites is 1. The highest BCUT2D eigenvalue weighted by Gasteiger charge is 2.11. The summed E-state index contributed by atoms with van der Waals surface area (Å²) in [6, 6.07) is 6.96. The Morgan fingerprint density at radius 3 is 2.81 bits per heavy atom. The van der Waals surface area contributed by atoms with E-state index in [1.54, 1.807) is 31.2 Å². The smallest absolute Gasteiger partial charge is 0.255 e. The lowest BCUT2D eigenvalue weighted by atomic mass is 10.1. The van der Waals surface area contributed by atoms with Gasteiger partial charge in [0.15, 0.2) is 0 Å². The van der Waals surface area contributed by atoms with E-state index in [4.69, 9.17) is 4.74 Å². The summed E-state index contributed by atoms with van der Waals surface area (Å²) in [4.78, 5) is 22.1. The summed E-state index contributed by atoms with van der Waals surface area (Å²) in [5, 5.41) is 2.67. The van der Waals surface area contributed by atoms with Crippen molar-refractivity contribution in [1.82, 2.24) is 5.32 Å². The number of hydrogen-bond acceptors (Lipinski definition) is 3. The highest BCUT2D eigenvalue weighted by Crippen LogP contribution is 2.16. The number of ether oxygens (including phenoxy) is 1. The van der Waals surface area contributed by atoms with Crippen LogP contribution in [0.4, 0.5) is 0 Å². The topological polar surface area (TPSA) is 55.4 Å². The fourth-order valence-electron chi connectivity index (χ4n) is 1.23. The molecule has 0 saturated carbocycles. The largest absolute Gasteiger partial charge is 0.496 e. The Labute approximate surface area is 94.6 Å². The second-order valence-electron chi connectivity index (χ2n) is 3.52. The minimum absolute atomic E-state index is 0.182. The molecule has 4 nitrogen and oxygen atoms in total. The summed E-state index contributed by atoms with van der Waals surface area (Å²) in [5.74, 6) is 0.114. The van der Waals surface area contributed by atoms with E-state index in [1.165, 1.54) is 7.11 Å². The van der Waals surface area contributed by atoms with E-state index >= 15 is 0 Å². The van der Waals surface area contributed by atoms with Crippen LogP contribution >= 0.6 is 0 Å². The fraction of sp³-hybridized carbons (Fsp3) is 0.333. The number of amides is 1. The summed E-state index contributed by atoms with van der Waals surface area (Å²) in [7, 11) is 1.51. The second kappa shape index (κ2) is 5.90. The van der Waals surface area contributed by atoms with E-state index in [1.807, 2.05) is 0 Å². The predicted octanol–water partition coefficient (Wildman–Crippen LogP) is 1.26. The van der Waals surface area contributed by atoms with Crippen molar-refractivity contribution in [2.24, 2.45) is 5.92 Å². The van der Waals surface area contributed by atoms with Crippen LogP contribution < -0.4 is 10.1 Å². The van der Waals surface area contributed by atoms with E-state index in [0.717, 1.165) is 6.29 Å². The molecule has 16 heavy (non-hydrogen) atoms. The number of nitrogens with one attached hydrogen (secondary N) is 1. The second-order valence-corrected chi connectivity index (χ2v) is 3.52. The van der Waals surface area contributed by atoms with Crippen LogP contribution in [0.3, 0.4) is 0 Å². The van der Waals surface area contributed by atoms with Crippen molar-refractivity contribution in [2.75, 3.05) is 13.7 Å². The third-order valence-electron chi connectivity index (χ3n) is 2.17. The number of carbonyl (C=O) groups is 2. The zero-order valence-corrected chi connectivity index (χ0v) is 9.40. The Morgan fingerprint density at radius 2 is 2.19 bits per heavy atom. The number of carbonyl (C=O) groups excluding carboxylic acids is 2. The summed E-state index contributed by atoms with van der Waals surface area (Å²) in [5.41, 5.74) is 0.475. The molecule has 0 aliphatic rings. The lowest BCUT2D eigenvalue weighted by Crippen LogP contribution is -2.29. The Kier molecular flexibility index (Phi) is 4.51. The molecule has 0 saturated heterocycles. The molecule has 1 N–H and O–H groups in total. The quantitative estimate of drug-likeness (QED) is 0.761. The SMILES string of the molecule is COc1ccccc1C(=O)NCC(C)C=O. The molecule has 0 aliphatic carbocycles. The number of hydrogen-bond donors (Lipinski definition) is 1. The molecule has 0 spiro atoms. The molecule has 1 rings (SSSR count). The first-order valence-corrected chi connectivity index (χ1v) is 5.05. The van der Waals surface area contributed by atoms with Gasteiger partial charge < -0.3 is 14.8 Å². The van der Waals surface area contributed by atoms with Gasteiger partial charge in [-0.2, -0.15) is 0 Å². The lowest BCUT2D eigenvalue weighted by molar-refractivity contribution is -0.110. The van der Waals surface area contributed by atoms with Gasteiger partial charge in [-0.15, -0.1) is 0 Å². The van der Waals surface area contributed by atoms with Crippen LogP contribution in [0.25, 0.3) is 0 Å². The van der Waals surface area contributed by atoms with Crippen LogP contribution in [0.15, 0.2) is 24.3 Å². The van der Waals surface area contributed by atoms with Crippen molar-refractivity contribution in [2.45, 2.75) is 6.92 Å². The average molecular weight is 221 g/mol. The summed E-state index contributed by atoms with van der Waals surface area (Å²) in [6.07, 6.45) is 0.808. The van der Waals surface area contributed by atoms with Gasteiger partial charge in [-0.1, -0.05) is 19.1 Å². The van der Waals surface area contributed by atoms with Gasteiger partial charge in [0, 0.05) is 12.5 Å². The molecule has 0 radical (unpaired) electrons. The molecular formula is C12H15NO3. The van der Waals surface area contributed by atoms with Gasteiger partial charge in [0.05, 0.1) is 12.7 Å². The van der Waals surface area contributed by atoms with Crippen molar-refractivity contribution < 1.29 is 14.3 Å². The Bertz CT molecular complexity index is 376. The minimum atomic E-state index is -0.230. The van der Waals surface area contributed by atoms with Crippen molar-refractivity contribution in [3.63, 3.8) is 0 Å². The van der Waals surface area contributed by atoms with E-state index in [0.29, 0.717) is 17.9 Å². The maximum Gasteiger partial charge on any atom is 0.255 e. The van der Waals surface area contributed by atoms with Crippen LogP contribution in [-0.4, -0.2) is 25.8 Å². The Hall–Kier alpha value is -1.84. The standard InChI is InChI=1S/C12H15NO3/c1-9(8-14)7-13-12(15)10-5-3-4-6-11(10)16-2/h3-6,8-9H,7H2,1-2H3,(H,13,15). The van der Waals surface area contributed by atoms with Crippen LogP contribution in [-0.2, 0) is 4.79 Å². The van der Waals surface area contributed by atoms with Crippen LogP contribution in [0.1, 0.15) is 17.3 Å². The van der Waals surface area contributed by atoms with Gasteiger partial charge in [-0.05, 0) is 12.1 Å². The molecule has 1 unspecified atom stereocenters. The highest BCUT2D eigenvalue weighted by molar-refractivity contribution is 5.96. The van der Waals surface area contributed by atoms with Crippen LogP contribution in [0.2, 0.25) is 0 Å².